The number of nitrogens with zero attached hydrogens (tertiary/aromatic N) is 2. The second-order valence-corrected chi connectivity index (χ2v) is 4.27. The maximum Gasteiger partial charge on any atom is 0.292 e. The van der Waals surface area contributed by atoms with Gasteiger partial charge in [-0.15, -0.1) is 0 Å². The average molecular weight is 317 g/mol. The minimum atomic E-state index is -0.676. The van der Waals surface area contributed by atoms with E-state index >= 15 is 0 Å². The lowest BCUT2D eigenvalue weighted by Gasteiger charge is -2.10. The number of amides is 2. The predicted octanol–water partition coefficient (Wildman–Crippen LogP) is 0.151. The third-order valence-corrected chi connectivity index (χ3v) is 2.88. The van der Waals surface area contributed by atoms with Gasteiger partial charge in [0, 0.05) is 18.0 Å². The average Bonchev–Trinajstić information content (AvgIpc) is 2.59. The van der Waals surface area contributed by atoms with Crippen molar-refractivity contribution in [2.24, 2.45) is 0 Å². The molecule has 0 bridgehead atoms. The normalized spacial score (nSPS) is 9.83. The highest BCUT2D eigenvalue weighted by atomic mass is 16.5. The number of rotatable bonds is 4. The Morgan fingerprint density at radius 1 is 1.00 bits per heavy atom. The molecule has 0 aliphatic rings. The topological polar surface area (TPSA) is 128 Å². The van der Waals surface area contributed by atoms with Gasteiger partial charge in [0.25, 0.3) is 11.8 Å². The van der Waals surface area contributed by atoms with Crippen LogP contribution in [0.2, 0.25) is 0 Å². The summed E-state index contributed by atoms with van der Waals surface area (Å²) >= 11 is 0. The summed E-state index contributed by atoms with van der Waals surface area (Å²) in [5.74, 6) is -0.373. The van der Waals surface area contributed by atoms with E-state index in [0.29, 0.717) is 11.5 Å². The van der Waals surface area contributed by atoms with Gasteiger partial charge in [-0.25, -0.2) is 9.97 Å². The third-order valence-electron chi connectivity index (χ3n) is 2.88. The number of benzene rings is 1. The second-order valence-electron chi connectivity index (χ2n) is 4.27. The van der Waals surface area contributed by atoms with E-state index in [0.717, 1.165) is 0 Å². The molecule has 0 spiro atoms. The number of nitrogen functional groups attached to an aromatic ring is 1. The van der Waals surface area contributed by atoms with Crippen LogP contribution in [0.1, 0.15) is 20.8 Å². The van der Waals surface area contributed by atoms with Gasteiger partial charge >= 0.3 is 0 Å². The summed E-state index contributed by atoms with van der Waals surface area (Å²) in [6.45, 7) is 0. The molecule has 0 aliphatic heterocycles. The molecule has 0 saturated heterocycles. The number of carbonyl (C=O) groups is 2. The number of ether oxygens (including phenoxy) is 2. The van der Waals surface area contributed by atoms with Crippen LogP contribution in [-0.4, -0.2) is 36.0 Å². The number of hydrogen-bond donors (Lipinski definition) is 3. The lowest BCUT2D eigenvalue weighted by atomic mass is 10.2. The lowest BCUT2D eigenvalue weighted by molar-refractivity contribution is 0.0844. The van der Waals surface area contributed by atoms with E-state index in [9.17, 15) is 9.59 Å². The highest BCUT2D eigenvalue weighted by molar-refractivity contribution is 6.00. The molecule has 0 unspecified atom stereocenters. The van der Waals surface area contributed by atoms with Crippen molar-refractivity contribution in [2.45, 2.75) is 0 Å². The van der Waals surface area contributed by atoms with E-state index in [2.05, 4.69) is 20.8 Å². The van der Waals surface area contributed by atoms with Crippen LogP contribution in [0.3, 0.4) is 0 Å². The summed E-state index contributed by atoms with van der Waals surface area (Å²) in [5, 5.41) is 0. The van der Waals surface area contributed by atoms with E-state index in [1.807, 2.05) is 0 Å². The first kappa shape index (κ1) is 16.0. The Hall–Kier alpha value is -3.36. The minimum absolute atomic E-state index is 0.0367. The standard InChI is InChI=1S/C14H15N5O4/c1-22-9-4-3-8(7-10(9)23-2)13(20)18-19-14(21)11-12(15)17-6-5-16-11/h3-7H,1-2H3,(H2,15,17)(H,18,20)(H,19,21). The zero-order chi connectivity index (χ0) is 16.8. The highest BCUT2D eigenvalue weighted by Crippen LogP contribution is 2.27. The van der Waals surface area contributed by atoms with Crippen LogP contribution < -0.4 is 26.1 Å². The molecule has 2 aromatic rings. The Labute approximate surface area is 131 Å². The largest absolute Gasteiger partial charge is 0.493 e. The van der Waals surface area contributed by atoms with Gasteiger partial charge in [-0.1, -0.05) is 0 Å². The minimum Gasteiger partial charge on any atom is -0.493 e. The molecule has 0 radical (unpaired) electrons. The van der Waals surface area contributed by atoms with E-state index in [-0.39, 0.29) is 17.1 Å². The first-order chi connectivity index (χ1) is 11.1. The highest BCUT2D eigenvalue weighted by Gasteiger charge is 2.15. The summed E-state index contributed by atoms with van der Waals surface area (Å²) < 4.78 is 10.2. The zero-order valence-corrected chi connectivity index (χ0v) is 12.5. The number of hydrogen-bond acceptors (Lipinski definition) is 7. The maximum absolute atomic E-state index is 12.0. The molecule has 2 rings (SSSR count). The van der Waals surface area contributed by atoms with E-state index < -0.39 is 11.8 Å². The number of methoxy groups -OCH3 is 2. The molecule has 4 N–H and O–H groups in total. The molecule has 1 aromatic carbocycles. The van der Waals surface area contributed by atoms with Gasteiger partial charge in [0.05, 0.1) is 14.2 Å². The number of carbonyl (C=O) groups excluding carboxylic acids is 2. The molecule has 9 nitrogen and oxygen atoms in total. The van der Waals surface area contributed by atoms with Crippen molar-refractivity contribution in [3.8, 4) is 11.5 Å². The monoisotopic (exact) mass is 317 g/mol. The van der Waals surface area contributed by atoms with Crippen molar-refractivity contribution in [2.75, 3.05) is 20.0 Å². The summed E-state index contributed by atoms with van der Waals surface area (Å²) in [5.41, 5.74) is 10.2. The first-order valence-corrected chi connectivity index (χ1v) is 6.46. The molecule has 2 amide bonds. The van der Waals surface area contributed by atoms with Crippen LogP contribution in [-0.2, 0) is 0 Å². The van der Waals surface area contributed by atoms with E-state index in [4.69, 9.17) is 15.2 Å². The lowest BCUT2D eigenvalue weighted by Crippen LogP contribution is -2.42. The third kappa shape index (κ3) is 3.64. The number of nitrogens with two attached hydrogens (primary N) is 1. The van der Waals surface area contributed by atoms with Crippen molar-refractivity contribution in [1.82, 2.24) is 20.8 Å². The summed E-state index contributed by atoms with van der Waals surface area (Å²) in [6.07, 6.45) is 2.68. The van der Waals surface area contributed by atoms with Gasteiger partial charge in [-0.2, -0.15) is 0 Å². The smallest absolute Gasteiger partial charge is 0.292 e. The van der Waals surface area contributed by atoms with E-state index in [1.54, 1.807) is 6.07 Å². The molecular weight excluding hydrogens is 302 g/mol. The number of nitrogens with one attached hydrogen (secondary N) is 2. The van der Waals surface area contributed by atoms with Gasteiger partial charge in [-0.3, -0.25) is 20.4 Å². The van der Waals surface area contributed by atoms with Gasteiger partial charge in [-0.05, 0) is 18.2 Å². The van der Waals surface area contributed by atoms with Crippen LogP contribution in [0.4, 0.5) is 5.82 Å². The Bertz CT molecular complexity index is 735. The quantitative estimate of drug-likeness (QED) is 0.685. The van der Waals surface area contributed by atoms with Crippen molar-refractivity contribution in [3.63, 3.8) is 0 Å². The number of anilines is 1. The Balaban J connectivity index is 2.05. The van der Waals surface area contributed by atoms with Crippen LogP contribution in [0.25, 0.3) is 0 Å². The first-order valence-electron chi connectivity index (χ1n) is 6.46. The molecule has 9 heteroatoms. The number of hydrazine groups is 1. The fourth-order valence-electron chi connectivity index (χ4n) is 1.75. The van der Waals surface area contributed by atoms with Crippen molar-refractivity contribution < 1.29 is 19.1 Å². The SMILES string of the molecule is COc1ccc(C(=O)NNC(=O)c2nccnc2N)cc1OC. The number of aromatic nitrogens is 2. The van der Waals surface area contributed by atoms with Gasteiger partial charge in [0.2, 0.25) is 0 Å². The van der Waals surface area contributed by atoms with Crippen molar-refractivity contribution in [3.05, 3.63) is 41.9 Å². The molecule has 0 saturated carbocycles. The molecule has 0 atom stereocenters. The van der Waals surface area contributed by atoms with Gasteiger partial charge in [0.15, 0.2) is 23.0 Å². The fraction of sp³-hybridized carbons (Fsp3) is 0.143. The van der Waals surface area contributed by atoms with Gasteiger partial charge < -0.3 is 15.2 Å². The van der Waals surface area contributed by atoms with Crippen molar-refractivity contribution in [1.29, 1.82) is 0 Å². The summed E-state index contributed by atoms with van der Waals surface area (Å²) in [4.78, 5) is 31.4. The van der Waals surface area contributed by atoms with Gasteiger partial charge in [0.1, 0.15) is 0 Å². The molecule has 1 heterocycles. The maximum atomic E-state index is 12.0. The van der Waals surface area contributed by atoms with Crippen LogP contribution in [0.5, 0.6) is 11.5 Å². The Kier molecular flexibility index (Phi) is 4.92. The zero-order valence-electron chi connectivity index (χ0n) is 12.5. The summed E-state index contributed by atoms with van der Waals surface area (Å²) in [6, 6.07) is 4.59. The predicted molar refractivity (Wildman–Crippen MR) is 80.9 cm³/mol. The fourth-order valence-corrected chi connectivity index (χ4v) is 1.75. The second kappa shape index (κ2) is 7.07. The molecular formula is C14H15N5O4. The molecule has 120 valence electrons. The van der Waals surface area contributed by atoms with Crippen molar-refractivity contribution >= 4 is 17.6 Å². The van der Waals surface area contributed by atoms with E-state index in [1.165, 1.54) is 38.7 Å². The van der Waals surface area contributed by atoms with Crippen LogP contribution in [0, 0.1) is 0 Å². The molecule has 1 aromatic heterocycles. The Morgan fingerprint density at radius 2 is 1.65 bits per heavy atom. The van der Waals surface area contributed by atoms with Crippen LogP contribution in [0.15, 0.2) is 30.6 Å². The molecule has 0 aliphatic carbocycles. The Morgan fingerprint density at radius 3 is 2.30 bits per heavy atom. The molecule has 23 heavy (non-hydrogen) atoms. The van der Waals surface area contributed by atoms with Crippen LogP contribution >= 0.6 is 0 Å². The summed E-state index contributed by atoms with van der Waals surface area (Å²) in [7, 11) is 2.95. The molecule has 0 fully saturated rings.